The van der Waals surface area contributed by atoms with E-state index in [9.17, 15) is 14.7 Å². The Hall–Kier alpha value is -2.67. The molecule has 2 fully saturated rings. The van der Waals surface area contributed by atoms with Crippen molar-refractivity contribution in [3.63, 3.8) is 0 Å². The van der Waals surface area contributed by atoms with Gasteiger partial charge in [0.1, 0.15) is 5.76 Å². The second-order valence-corrected chi connectivity index (χ2v) is 7.80. The Balaban J connectivity index is 1.71. The largest absolute Gasteiger partial charge is 0.507 e. The number of amides is 1. The molecule has 7 heteroatoms. The highest BCUT2D eigenvalue weighted by atomic mass is 35.5. The molecule has 1 N–H and O–H groups in total. The summed E-state index contributed by atoms with van der Waals surface area (Å²) in [6.45, 7) is 3.95. The Labute approximate surface area is 180 Å². The lowest BCUT2D eigenvalue weighted by Gasteiger charge is -2.31. The topological polar surface area (TPSA) is 70.1 Å². The van der Waals surface area contributed by atoms with Crippen molar-refractivity contribution < 1.29 is 19.4 Å². The van der Waals surface area contributed by atoms with Gasteiger partial charge in [-0.25, -0.2) is 0 Å². The van der Waals surface area contributed by atoms with E-state index in [1.165, 1.54) is 0 Å². The molecule has 0 radical (unpaired) electrons. The van der Waals surface area contributed by atoms with Crippen LogP contribution < -0.4 is 0 Å². The van der Waals surface area contributed by atoms with Crippen molar-refractivity contribution in [2.45, 2.75) is 6.04 Å². The van der Waals surface area contributed by atoms with Gasteiger partial charge in [-0.3, -0.25) is 14.5 Å². The lowest BCUT2D eigenvalue weighted by atomic mass is 9.95. The van der Waals surface area contributed by atoms with Gasteiger partial charge in [0.2, 0.25) is 0 Å². The van der Waals surface area contributed by atoms with E-state index in [-0.39, 0.29) is 11.3 Å². The molecule has 0 bridgehead atoms. The van der Waals surface area contributed by atoms with E-state index in [1.807, 2.05) is 30.3 Å². The van der Waals surface area contributed by atoms with Crippen molar-refractivity contribution in [1.82, 2.24) is 9.80 Å². The molecular formula is C23H23ClN2O4. The molecule has 4 rings (SSSR count). The first-order valence-electron chi connectivity index (χ1n) is 9.95. The number of likely N-dealkylation sites (tertiary alicyclic amines) is 1. The molecule has 2 aliphatic heterocycles. The number of benzene rings is 2. The number of carbonyl (C=O) groups is 2. The smallest absolute Gasteiger partial charge is 0.295 e. The maximum absolute atomic E-state index is 13.0. The number of ether oxygens (including phenoxy) is 1. The van der Waals surface area contributed by atoms with Gasteiger partial charge in [-0.15, -0.1) is 0 Å². The number of aliphatic hydroxyl groups is 1. The zero-order valence-corrected chi connectivity index (χ0v) is 17.2. The molecule has 2 aliphatic rings. The van der Waals surface area contributed by atoms with Crippen molar-refractivity contribution in [2.24, 2.45) is 0 Å². The Kier molecular flexibility index (Phi) is 6.18. The lowest BCUT2D eigenvalue weighted by molar-refractivity contribution is -0.140. The number of rotatable bonds is 5. The highest BCUT2D eigenvalue weighted by Crippen LogP contribution is 2.39. The summed E-state index contributed by atoms with van der Waals surface area (Å²) in [6.07, 6.45) is 0. The molecule has 1 atom stereocenters. The Morgan fingerprint density at radius 3 is 2.33 bits per heavy atom. The van der Waals surface area contributed by atoms with E-state index >= 15 is 0 Å². The SMILES string of the molecule is O=C1C(=O)N(CCN2CCOCC2)[C@H](c2ccccc2)C1=C(O)c1ccc(Cl)cc1. The van der Waals surface area contributed by atoms with Gasteiger partial charge in [0.15, 0.2) is 0 Å². The summed E-state index contributed by atoms with van der Waals surface area (Å²) in [4.78, 5) is 29.7. The third-order valence-corrected chi connectivity index (χ3v) is 5.79. The zero-order chi connectivity index (χ0) is 21.1. The number of halogens is 1. The molecule has 0 unspecified atom stereocenters. The van der Waals surface area contributed by atoms with Crippen LogP contribution in [0.25, 0.3) is 5.76 Å². The van der Waals surface area contributed by atoms with Gasteiger partial charge in [-0.05, 0) is 29.8 Å². The van der Waals surface area contributed by atoms with Crippen LogP contribution in [0.4, 0.5) is 0 Å². The predicted molar refractivity (Wildman–Crippen MR) is 114 cm³/mol. The van der Waals surface area contributed by atoms with Crippen LogP contribution in [0.15, 0.2) is 60.2 Å². The minimum absolute atomic E-state index is 0.107. The fourth-order valence-electron chi connectivity index (χ4n) is 3.93. The van der Waals surface area contributed by atoms with E-state index < -0.39 is 17.7 Å². The lowest BCUT2D eigenvalue weighted by Crippen LogP contribution is -2.42. The van der Waals surface area contributed by atoms with Crippen LogP contribution in [0.3, 0.4) is 0 Å². The summed E-state index contributed by atoms with van der Waals surface area (Å²) in [6, 6.07) is 15.3. The highest BCUT2D eigenvalue weighted by Gasteiger charge is 2.45. The van der Waals surface area contributed by atoms with E-state index in [0.717, 1.165) is 18.7 Å². The third-order valence-electron chi connectivity index (χ3n) is 5.53. The van der Waals surface area contributed by atoms with Crippen LogP contribution in [0, 0.1) is 0 Å². The molecule has 2 heterocycles. The Morgan fingerprint density at radius 2 is 1.67 bits per heavy atom. The van der Waals surface area contributed by atoms with Crippen LogP contribution in [0.2, 0.25) is 5.02 Å². The summed E-state index contributed by atoms with van der Waals surface area (Å²) in [5.74, 6) is -1.45. The van der Waals surface area contributed by atoms with Crippen molar-refractivity contribution in [3.8, 4) is 0 Å². The first-order valence-corrected chi connectivity index (χ1v) is 10.3. The highest BCUT2D eigenvalue weighted by molar-refractivity contribution is 6.46. The first kappa shape index (κ1) is 20.6. The number of aliphatic hydroxyl groups excluding tert-OH is 1. The standard InChI is InChI=1S/C23H23ClN2O4/c24-18-8-6-17(7-9-18)21(27)19-20(16-4-2-1-3-5-16)26(23(29)22(19)28)11-10-25-12-14-30-15-13-25/h1-9,20,27H,10-15H2/t20-/m1/s1. The van der Waals surface area contributed by atoms with Crippen molar-refractivity contribution in [3.05, 3.63) is 76.3 Å². The van der Waals surface area contributed by atoms with Gasteiger partial charge in [0.05, 0.1) is 24.8 Å². The molecule has 1 amide bonds. The minimum atomic E-state index is -0.668. The average molecular weight is 427 g/mol. The molecule has 30 heavy (non-hydrogen) atoms. The molecule has 0 spiro atoms. The van der Waals surface area contributed by atoms with Crippen LogP contribution in [-0.4, -0.2) is 66.0 Å². The number of nitrogens with zero attached hydrogens (tertiary/aromatic N) is 2. The van der Waals surface area contributed by atoms with Crippen LogP contribution in [0.1, 0.15) is 17.2 Å². The summed E-state index contributed by atoms with van der Waals surface area (Å²) in [5, 5.41) is 11.5. The van der Waals surface area contributed by atoms with Crippen molar-refractivity contribution in [1.29, 1.82) is 0 Å². The zero-order valence-electron chi connectivity index (χ0n) is 16.5. The van der Waals surface area contributed by atoms with Gasteiger partial charge < -0.3 is 14.7 Å². The molecule has 0 aromatic heterocycles. The summed E-state index contributed by atoms with van der Waals surface area (Å²) in [5.41, 5.74) is 1.34. The van der Waals surface area contributed by atoms with E-state index in [2.05, 4.69) is 4.90 Å². The molecule has 0 aliphatic carbocycles. The molecule has 2 aromatic rings. The first-order chi connectivity index (χ1) is 14.6. The quantitative estimate of drug-likeness (QED) is 0.452. The van der Waals surface area contributed by atoms with Crippen molar-refractivity contribution in [2.75, 3.05) is 39.4 Å². The van der Waals surface area contributed by atoms with Crippen LogP contribution in [-0.2, 0) is 14.3 Å². The van der Waals surface area contributed by atoms with Crippen LogP contribution >= 0.6 is 11.6 Å². The fourth-order valence-corrected chi connectivity index (χ4v) is 4.06. The predicted octanol–water partition coefficient (Wildman–Crippen LogP) is 3.09. The minimum Gasteiger partial charge on any atom is -0.507 e. The number of hydrogen-bond acceptors (Lipinski definition) is 5. The van der Waals surface area contributed by atoms with E-state index in [1.54, 1.807) is 29.2 Å². The molecule has 2 saturated heterocycles. The molecule has 6 nitrogen and oxygen atoms in total. The second-order valence-electron chi connectivity index (χ2n) is 7.36. The number of ketones is 1. The maximum Gasteiger partial charge on any atom is 0.295 e. The molecule has 156 valence electrons. The fraction of sp³-hybridized carbons (Fsp3) is 0.304. The summed E-state index contributed by atoms with van der Waals surface area (Å²) in [7, 11) is 0. The van der Waals surface area contributed by atoms with Gasteiger partial charge in [-0.1, -0.05) is 41.9 Å². The Morgan fingerprint density at radius 1 is 1.00 bits per heavy atom. The van der Waals surface area contributed by atoms with Crippen molar-refractivity contribution >= 4 is 29.1 Å². The van der Waals surface area contributed by atoms with Gasteiger partial charge in [0, 0.05) is 36.8 Å². The average Bonchev–Trinajstić information content (AvgIpc) is 3.04. The molecule has 0 saturated carbocycles. The number of carbonyl (C=O) groups excluding carboxylic acids is 2. The van der Waals surface area contributed by atoms with E-state index in [4.69, 9.17) is 16.3 Å². The second kappa shape index (κ2) is 9.00. The van der Waals surface area contributed by atoms with E-state index in [0.29, 0.717) is 36.9 Å². The van der Waals surface area contributed by atoms with Gasteiger partial charge in [0.25, 0.3) is 11.7 Å². The normalized spacial score (nSPS) is 21.9. The molecular weight excluding hydrogens is 404 g/mol. The molecule has 2 aromatic carbocycles. The number of morpholine rings is 1. The number of Topliss-reactive ketones (excluding diaryl/α,β-unsaturated/α-hetero) is 1. The Bertz CT molecular complexity index is 953. The van der Waals surface area contributed by atoms with Gasteiger partial charge >= 0.3 is 0 Å². The summed E-state index contributed by atoms with van der Waals surface area (Å²) >= 11 is 5.95. The monoisotopic (exact) mass is 426 g/mol. The van der Waals surface area contributed by atoms with Gasteiger partial charge in [-0.2, -0.15) is 0 Å². The third kappa shape index (κ3) is 4.12. The van der Waals surface area contributed by atoms with Crippen LogP contribution in [0.5, 0.6) is 0 Å². The maximum atomic E-state index is 13.0. The summed E-state index contributed by atoms with van der Waals surface area (Å²) < 4.78 is 5.38. The number of hydrogen-bond donors (Lipinski definition) is 1.